The SMILES string of the molecule is C=CC1CCSc2ccccc21.C=Cc1nccs1.CC. The molecule has 0 N–H and O–H groups in total. The van der Waals surface area contributed by atoms with Crippen molar-refractivity contribution in [3.63, 3.8) is 0 Å². The van der Waals surface area contributed by atoms with Crippen molar-refractivity contribution in [2.24, 2.45) is 0 Å². The van der Waals surface area contributed by atoms with Gasteiger partial charge in [0.25, 0.3) is 0 Å². The van der Waals surface area contributed by atoms with Crippen LogP contribution in [0.15, 0.2) is 60.0 Å². The molecule has 0 fully saturated rings. The molecule has 3 rings (SSSR count). The van der Waals surface area contributed by atoms with Crippen LogP contribution in [0.3, 0.4) is 0 Å². The fourth-order valence-electron chi connectivity index (χ4n) is 1.95. The molecule has 112 valence electrons. The lowest BCUT2D eigenvalue weighted by Gasteiger charge is -2.21. The Labute approximate surface area is 136 Å². The van der Waals surface area contributed by atoms with Crippen molar-refractivity contribution in [2.45, 2.75) is 31.1 Å². The third kappa shape index (κ3) is 5.52. The van der Waals surface area contributed by atoms with Gasteiger partial charge in [-0.05, 0) is 29.9 Å². The smallest absolute Gasteiger partial charge is 0.115 e. The van der Waals surface area contributed by atoms with Gasteiger partial charge >= 0.3 is 0 Å². The summed E-state index contributed by atoms with van der Waals surface area (Å²) in [7, 11) is 0. The quantitative estimate of drug-likeness (QED) is 0.606. The van der Waals surface area contributed by atoms with Crippen LogP contribution in [0.5, 0.6) is 0 Å². The standard InChI is InChI=1S/C11H12S.C5H5NS.C2H6/c1-2-9-7-8-12-11-6-4-3-5-10(9)11;1-2-5-6-3-4-7-5;1-2/h2-6,9H,1,7-8H2;2-4H,1H2;1-2H3. The van der Waals surface area contributed by atoms with Gasteiger partial charge in [-0.2, -0.15) is 0 Å². The van der Waals surface area contributed by atoms with Crippen LogP contribution in [0.1, 0.15) is 36.8 Å². The Balaban J connectivity index is 0.000000210. The average molecular weight is 318 g/mol. The molecule has 1 aliphatic rings. The molecular weight excluding hydrogens is 294 g/mol. The molecule has 21 heavy (non-hydrogen) atoms. The maximum absolute atomic E-state index is 3.94. The first-order valence-electron chi connectivity index (χ1n) is 7.21. The Bertz CT molecular complexity index is 532. The second-order valence-corrected chi connectivity index (χ2v) is 6.15. The van der Waals surface area contributed by atoms with Gasteiger partial charge < -0.3 is 0 Å². The highest BCUT2D eigenvalue weighted by molar-refractivity contribution is 7.99. The largest absolute Gasteiger partial charge is 0.245 e. The Morgan fingerprint density at radius 2 is 2.00 bits per heavy atom. The Morgan fingerprint density at radius 1 is 1.24 bits per heavy atom. The number of hydrogen-bond donors (Lipinski definition) is 0. The van der Waals surface area contributed by atoms with E-state index in [0.717, 1.165) is 5.01 Å². The van der Waals surface area contributed by atoms with Crippen LogP contribution < -0.4 is 0 Å². The van der Waals surface area contributed by atoms with Crippen molar-refractivity contribution in [2.75, 3.05) is 5.75 Å². The van der Waals surface area contributed by atoms with Crippen LogP contribution in [0.25, 0.3) is 6.08 Å². The van der Waals surface area contributed by atoms with Crippen LogP contribution in [-0.2, 0) is 0 Å². The summed E-state index contributed by atoms with van der Waals surface area (Å²) in [6.45, 7) is 11.4. The van der Waals surface area contributed by atoms with Gasteiger partial charge in [0.2, 0.25) is 0 Å². The highest BCUT2D eigenvalue weighted by atomic mass is 32.2. The summed E-state index contributed by atoms with van der Waals surface area (Å²) in [6, 6.07) is 8.64. The normalized spacial score (nSPS) is 15.4. The number of thioether (sulfide) groups is 1. The fraction of sp³-hybridized carbons (Fsp3) is 0.278. The van der Waals surface area contributed by atoms with E-state index >= 15 is 0 Å². The highest BCUT2D eigenvalue weighted by Gasteiger charge is 2.16. The lowest BCUT2D eigenvalue weighted by molar-refractivity contribution is 0.783. The van der Waals surface area contributed by atoms with E-state index < -0.39 is 0 Å². The molecule has 0 bridgehead atoms. The van der Waals surface area contributed by atoms with Crippen molar-refractivity contribution in [3.8, 4) is 0 Å². The molecule has 2 aromatic rings. The molecule has 0 radical (unpaired) electrons. The number of thiazole rings is 1. The third-order valence-corrected chi connectivity index (χ3v) is 4.81. The summed E-state index contributed by atoms with van der Waals surface area (Å²) in [6.07, 6.45) is 6.82. The summed E-state index contributed by atoms with van der Waals surface area (Å²) >= 11 is 3.55. The molecule has 1 aromatic carbocycles. The van der Waals surface area contributed by atoms with Gasteiger partial charge in [0.1, 0.15) is 5.01 Å². The molecule has 1 aliphatic heterocycles. The number of allylic oxidation sites excluding steroid dienone is 1. The summed E-state index contributed by atoms with van der Waals surface area (Å²) in [5.74, 6) is 1.82. The Hall–Kier alpha value is -1.32. The average Bonchev–Trinajstić information content (AvgIpc) is 3.10. The van der Waals surface area contributed by atoms with Gasteiger partial charge in [-0.1, -0.05) is 44.7 Å². The number of fused-ring (bicyclic) bond motifs is 1. The van der Waals surface area contributed by atoms with Gasteiger partial charge in [0, 0.05) is 22.4 Å². The van der Waals surface area contributed by atoms with Gasteiger partial charge in [-0.15, -0.1) is 29.7 Å². The highest BCUT2D eigenvalue weighted by Crippen LogP contribution is 2.37. The van der Waals surface area contributed by atoms with E-state index in [1.54, 1.807) is 23.6 Å². The molecule has 0 spiro atoms. The summed E-state index contributed by atoms with van der Waals surface area (Å²) in [5.41, 5.74) is 1.46. The zero-order valence-corrected chi connectivity index (χ0v) is 14.4. The minimum absolute atomic E-state index is 0.586. The molecule has 3 heteroatoms. The molecule has 1 aromatic heterocycles. The minimum atomic E-state index is 0.586. The Morgan fingerprint density at radius 3 is 2.57 bits per heavy atom. The lowest BCUT2D eigenvalue weighted by Crippen LogP contribution is -2.03. The van der Waals surface area contributed by atoms with E-state index in [2.05, 4.69) is 48.5 Å². The van der Waals surface area contributed by atoms with Crippen molar-refractivity contribution in [3.05, 3.63) is 65.6 Å². The van der Waals surface area contributed by atoms with E-state index in [0.29, 0.717) is 5.92 Å². The molecular formula is C18H23NS2. The molecule has 0 amide bonds. The predicted octanol–water partition coefficient (Wildman–Crippen LogP) is 6.26. The first kappa shape index (κ1) is 17.7. The van der Waals surface area contributed by atoms with Crippen LogP contribution >= 0.6 is 23.1 Å². The van der Waals surface area contributed by atoms with E-state index in [1.807, 2.05) is 31.0 Å². The monoisotopic (exact) mass is 317 g/mol. The maximum Gasteiger partial charge on any atom is 0.115 e. The van der Waals surface area contributed by atoms with Crippen LogP contribution in [0, 0.1) is 0 Å². The van der Waals surface area contributed by atoms with Crippen molar-refractivity contribution in [1.82, 2.24) is 4.98 Å². The number of aromatic nitrogens is 1. The predicted molar refractivity (Wildman–Crippen MR) is 98.3 cm³/mol. The molecule has 1 atom stereocenters. The first-order chi connectivity index (χ1) is 10.3. The van der Waals surface area contributed by atoms with E-state index in [1.165, 1.54) is 22.6 Å². The molecule has 0 saturated carbocycles. The Kier molecular flexibility index (Phi) is 8.79. The second kappa shape index (κ2) is 10.4. The number of nitrogens with zero attached hydrogens (tertiary/aromatic N) is 1. The summed E-state index contributed by atoms with van der Waals surface area (Å²) in [4.78, 5) is 5.37. The van der Waals surface area contributed by atoms with Gasteiger partial charge in [0.15, 0.2) is 0 Å². The van der Waals surface area contributed by atoms with E-state index in [9.17, 15) is 0 Å². The number of benzene rings is 1. The lowest BCUT2D eigenvalue weighted by atomic mass is 9.96. The zero-order valence-electron chi connectivity index (χ0n) is 12.8. The van der Waals surface area contributed by atoms with Gasteiger partial charge in [0.05, 0.1) is 0 Å². The fourth-order valence-corrected chi connectivity index (χ4v) is 3.58. The van der Waals surface area contributed by atoms with Crippen molar-refractivity contribution < 1.29 is 0 Å². The first-order valence-corrected chi connectivity index (χ1v) is 9.08. The minimum Gasteiger partial charge on any atom is -0.245 e. The molecule has 0 aliphatic carbocycles. The number of rotatable bonds is 2. The van der Waals surface area contributed by atoms with Gasteiger partial charge in [-0.3, -0.25) is 0 Å². The van der Waals surface area contributed by atoms with Crippen LogP contribution in [-0.4, -0.2) is 10.7 Å². The van der Waals surface area contributed by atoms with Crippen LogP contribution in [0.2, 0.25) is 0 Å². The van der Waals surface area contributed by atoms with Crippen LogP contribution in [0.4, 0.5) is 0 Å². The molecule has 2 heterocycles. The summed E-state index contributed by atoms with van der Waals surface area (Å²) in [5, 5.41) is 2.91. The number of hydrogen-bond acceptors (Lipinski definition) is 3. The zero-order chi connectivity index (χ0) is 15.5. The van der Waals surface area contributed by atoms with Gasteiger partial charge in [-0.25, -0.2) is 4.98 Å². The third-order valence-electron chi connectivity index (χ3n) is 2.92. The maximum atomic E-state index is 3.94. The second-order valence-electron chi connectivity index (χ2n) is 4.09. The van der Waals surface area contributed by atoms with Crippen molar-refractivity contribution in [1.29, 1.82) is 0 Å². The molecule has 1 nitrogen and oxygen atoms in total. The topological polar surface area (TPSA) is 12.9 Å². The van der Waals surface area contributed by atoms with E-state index in [-0.39, 0.29) is 0 Å². The summed E-state index contributed by atoms with van der Waals surface area (Å²) < 4.78 is 0. The van der Waals surface area contributed by atoms with Crippen molar-refractivity contribution >= 4 is 29.2 Å². The molecule has 0 saturated heterocycles. The van der Waals surface area contributed by atoms with E-state index in [4.69, 9.17) is 0 Å². The molecule has 1 unspecified atom stereocenters.